The van der Waals surface area contributed by atoms with Crippen LogP contribution < -0.4 is 25.4 Å². The SMILES string of the molecule is COc1cc(/C=N\NC(=O)Cn2c(-c3nonc3N)nc3ccccc32)cc(OC)c1OC. The van der Waals surface area contributed by atoms with Gasteiger partial charge in [0.1, 0.15) is 6.54 Å². The number of nitrogen functional groups attached to an aromatic ring is 1. The third-order valence-electron chi connectivity index (χ3n) is 4.77. The van der Waals surface area contributed by atoms with Crippen LogP contribution in [0.3, 0.4) is 0 Å². The number of fused-ring (bicyclic) bond motifs is 1. The number of hydrazone groups is 1. The number of hydrogen-bond donors (Lipinski definition) is 2. The Morgan fingerprint density at radius 1 is 1.15 bits per heavy atom. The fourth-order valence-corrected chi connectivity index (χ4v) is 3.30. The lowest BCUT2D eigenvalue weighted by atomic mass is 10.2. The van der Waals surface area contributed by atoms with Gasteiger partial charge in [-0.15, -0.1) is 0 Å². The van der Waals surface area contributed by atoms with Crippen LogP contribution in [0, 0.1) is 0 Å². The molecular weight excluding hydrogens is 430 g/mol. The van der Waals surface area contributed by atoms with Crippen molar-refractivity contribution in [2.75, 3.05) is 27.1 Å². The molecule has 33 heavy (non-hydrogen) atoms. The molecule has 12 heteroatoms. The predicted octanol–water partition coefficient (Wildman–Crippen LogP) is 1.84. The van der Waals surface area contributed by atoms with Gasteiger partial charge in [-0.3, -0.25) is 4.79 Å². The zero-order valence-corrected chi connectivity index (χ0v) is 18.1. The minimum atomic E-state index is -0.391. The Hall–Kier alpha value is -4.61. The van der Waals surface area contributed by atoms with Crippen LogP contribution in [0.1, 0.15) is 5.56 Å². The highest BCUT2D eigenvalue weighted by atomic mass is 16.6. The van der Waals surface area contributed by atoms with Crippen molar-refractivity contribution in [2.24, 2.45) is 5.10 Å². The minimum Gasteiger partial charge on any atom is -0.493 e. The summed E-state index contributed by atoms with van der Waals surface area (Å²) < 4.78 is 22.3. The summed E-state index contributed by atoms with van der Waals surface area (Å²) in [6.07, 6.45) is 1.47. The number of carbonyl (C=O) groups excluding carboxylic acids is 1. The molecule has 0 unspecified atom stereocenters. The number of anilines is 1. The largest absolute Gasteiger partial charge is 0.493 e. The van der Waals surface area contributed by atoms with Gasteiger partial charge in [0.15, 0.2) is 28.8 Å². The number of rotatable bonds is 8. The third kappa shape index (κ3) is 4.26. The number of ether oxygens (including phenoxy) is 3. The molecule has 1 amide bonds. The molecule has 0 aliphatic rings. The molecule has 2 aromatic heterocycles. The first kappa shape index (κ1) is 21.6. The Labute approximate surface area is 187 Å². The predicted molar refractivity (Wildman–Crippen MR) is 119 cm³/mol. The molecule has 4 aromatic rings. The van der Waals surface area contributed by atoms with Gasteiger partial charge in [0.05, 0.1) is 38.6 Å². The van der Waals surface area contributed by atoms with Crippen molar-refractivity contribution in [1.82, 2.24) is 25.3 Å². The monoisotopic (exact) mass is 451 g/mol. The Bertz CT molecular complexity index is 1300. The van der Waals surface area contributed by atoms with Crippen LogP contribution in [0.4, 0.5) is 5.82 Å². The number of amides is 1. The van der Waals surface area contributed by atoms with E-state index in [2.05, 4.69) is 25.8 Å². The number of methoxy groups -OCH3 is 3. The first-order valence-electron chi connectivity index (χ1n) is 9.71. The van der Waals surface area contributed by atoms with E-state index < -0.39 is 5.91 Å². The van der Waals surface area contributed by atoms with Gasteiger partial charge in [0.25, 0.3) is 5.91 Å². The van der Waals surface area contributed by atoms with Crippen molar-refractivity contribution in [3.05, 3.63) is 42.0 Å². The second kappa shape index (κ2) is 9.26. The van der Waals surface area contributed by atoms with Crippen LogP contribution in [0.15, 0.2) is 46.1 Å². The summed E-state index contributed by atoms with van der Waals surface area (Å²) in [5.74, 6) is 1.45. The van der Waals surface area contributed by atoms with Crippen LogP contribution in [0.5, 0.6) is 17.2 Å². The lowest BCUT2D eigenvalue weighted by Crippen LogP contribution is -2.23. The lowest BCUT2D eigenvalue weighted by molar-refractivity contribution is -0.121. The molecule has 12 nitrogen and oxygen atoms in total. The molecule has 3 N–H and O–H groups in total. The Morgan fingerprint density at radius 2 is 1.88 bits per heavy atom. The van der Waals surface area contributed by atoms with Crippen LogP contribution in [0.25, 0.3) is 22.6 Å². The number of nitrogens with one attached hydrogen (secondary N) is 1. The number of nitrogens with zero attached hydrogens (tertiary/aromatic N) is 5. The molecule has 0 bridgehead atoms. The second-order valence-electron chi connectivity index (χ2n) is 6.76. The summed E-state index contributed by atoms with van der Waals surface area (Å²) in [5, 5.41) is 11.4. The third-order valence-corrected chi connectivity index (χ3v) is 4.77. The van der Waals surface area contributed by atoms with Crippen LogP contribution in [-0.4, -0.2) is 53.3 Å². The van der Waals surface area contributed by atoms with Crippen molar-refractivity contribution < 1.29 is 23.6 Å². The van der Waals surface area contributed by atoms with E-state index in [0.29, 0.717) is 34.2 Å². The number of aromatic nitrogens is 4. The highest BCUT2D eigenvalue weighted by Gasteiger charge is 2.20. The van der Waals surface area contributed by atoms with Crippen LogP contribution in [0.2, 0.25) is 0 Å². The molecule has 2 heterocycles. The number of para-hydroxylation sites is 2. The topological polar surface area (TPSA) is 152 Å². The highest BCUT2D eigenvalue weighted by Crippen LogP contribution is 2.37. The molecule has 0 radical (unpaired) electrons. The van der Waals surface area contributed by atoms with Gasteiger partial charge in [0.2, 0.25) is 5.75 Å². The quantitative estimate of drug-likeness (QED) is 0.302. The van der Waals surface area contributed by atoms with Crippen molar-refractivity contribution in [2.45, 2.75) is 6.54 Å². The molecule has 0 spiro atoms. The van der Waals surface area contributed by atoms with E-state index in [1.165, 1.54) is 27.5 Å². The smallest absolute Gasteiger partial charge is 0.260 e. The normalized spacial score (nSPS) is 11.1. The van der Waals surface area contributed by atoms with Gasteiger partial charge in [0, 0.05) is 5.56 Å². The molecule has 0 aliphatic carbocycles. The molecule has 0 saturated carbocycles. The van der Waals surface area contributed by atoms with Crippen molar-refractivity contribution >= 4 is 29.0 Å². The van der Waals surface area contributed by atoms with Gasteiger partial charge in [-0.05, 0) is 34.6 Å². The fraction of sp³-hybridized carbons (Fsp3) is 0.190. The molecule has 0 saturated heterocycles. The lowest BCUT2D eigenvalue weighted by Gasteiger charge is -2.12. The van der Waals surface area contributed by atoms with Gasteiger partial charge < -0.3 is 24.5 Å². The molecular formula is C21H21N7O5. The van der Waals surface area contributed by atoms with Crippen LogP contribution in [-0.2, 0) is 11.3 Å². The van der Waals surface area contributed by atoms with Gasteiger partial charge in [-0.25, -0.2) is 15.0 Å². The molecule has 0 aliphatic heterocycles. The summed E-state index contributed by atoms with van der Waals surface area (Å²) in [6, 6.07) is 10.8. The van der Waals surface area contributed by atoms with Crippen LogP contribution >= 0.6 is 0 Å². The van der Waals surface area contributed by atoms with Gasteiger partial charge in [-0.2, -0.15) is 5.10 Å². The minimum absolute atomic E-state index is 0.0763. The summed E-state index contributed by atoms with van der Waals surface area (Å²) >= 11 is 0. The molecule has 0 fully saturated rings. The summed E-state index contributed by atoms with van der Waals surface area (Å²) in [5.41, 5.74) is 10.6. The zero-order chi connectivity index (χ0) is 23.4. The first-order chi connectivity index (χ1) is 16.0. The Morgan fingerprint density at radius 3 is 2.52 bits per heavy atom. The maximum absolute atomic E-state index is 12.7. The Kier molecular flexibility index (Phi) is 6.06. The summed E-state index contributed by atoms with van der Waals surface area (Å²) in [6.45, 7) is -0.0886. The average Bonchev–Trinajstić information content (AvgIpc) is 3.41. The number of carbonyl (C=O) groups is 1. The number of imidazole rings is 1. The maximum atomic E-state index is 12.7. The number of hydrogen-bond acceptors (Lipinski definition) is 10. The maximum Gasteiger partial charge on any atom is 0.260 e. The number of benzene rings is 2. The highest BCUT2D eigenvalue weighted by molar-refractivity contribution is 5.87. The average molecular weight is 451 g/mol. The van der Waals surface area contributed by atoms with E-state index in [1.54, 1.807) is 16.7 Å². The summed E-state index contributed by atoms with van der Waals surface area (Å²) in [4.78, 5) is 17.2. The molecule has 0 atom stereocenters. The number of nitrogens with two attached hydrogens (primary N) is 1. The second-order valence-corrected chi connectivity index (χ2v) is 6.76. The van der Waals surface area contributed by atoms with Crippen molar-refractivity contribution in [3.8, 4) is 28.8 Å². The van der Waals surface area contributed by atoms with Crippen molar-refractivity contribution in [1.29, 1.82) is 0 Å². The molecule has 170 valence electrons. The van der Waals surface area contributed by atoms with Gasteiger partial charge >= 0.3 is 0 Å². The van der Waals surface area contributed by atoms with E-state index >= 15 is 0 Å². The molecule has 4 rings (SSSR count). The zero-order valence-electron chi connectivity index (χ0n) is 18.1. The van der Waals surface area contributed by atoms with E-state index in [1.807, 2.05) is 24.3 Å². The van der Waals surface area contributed by atoms with Gasteiger partial charge in [-0.1, -0.05) is 12.1 Å². The standard InChI is InChI=1S/C21H21N7O5/c1-30-15-8-12(9-16(31-2)19(15)32-3)10-23-25-17(29)11-28-14-7-5-4-6-13(14)24-21(28)18-20(22)27-33-26-18/h4-10H,11H2,1-3H3,(H2,22,27)(H,25,29)/b23-10-. The van der Waals surface area contributed by atoms with E-state index in [4.69, 9.17) is 24.6 Å². The first-order valence-corrected chi connectivity index (χ1v) is 9.71. The summed E-state index contributed by atoms with van der Waals surface area (Å²) in [7, 11) is 4.56. The fourth-order valence-electron chi connectivity index (χ4n) is 3.30. The van der Waals surface area contributed by atoms with E-state index in [9.17, 15) is 4.79 Å². The van der Waals surface area contributed by atoms with E-state index in [0.717, 1.165) is 5.52 Å². The molecule has 2 aromatic carbocycles. The van der Waals surface area contributed by atoms with Crippen molar-refractivity contribution in [3.63, 3.8) is 0 Å². The Balaban J connectivity index is 1.56. The van der Waals surface area contributed by atoms with E-state index in [-0.39, 0.29) is 18.1 Å².